The molecule has 0 bridgehead atoms. The molecule has 1 N–H and O–H groups in total. The number of amides is 2. The maximum atomic E-state index is 11.0. The van der Waals surface area contributed by atoms with E-state index in [-0.39, 0.29) is 24.8 Å². The third-order valence-corrected chi connectivity index (χ3v) is 4.34. The van der Waals surface area contributed by atoms with Crippen LogP contribution in [0.1, 0.15) is 46.5 Å². The predicted octanol–water partition coefficient (Wildman–Crippen LogP) is 0.839. The molecule has 1 aliphatic carbocycles. The van der Waals surface area contributed by atoms with Crippen LogP contribution in [0.15, 0.2) is 23.3 Å². The minimum Gasteiger partial charge on any atom is -0.463 e. The number of esters is 3. The standard InChI is InChI=1S/C12H18O7.C8H7NO2/c1-7(13)16-6-11-4-10(17-8(2)14)5-12(19-11)18-9(3)15;10-7-5-3-1-2-4-6(5)8(11)9-7/h10-12H,4-6H2,1-3H3;1,3H,2,4H2,(H,9,10,11). The van der Waals surface area contributed by atoms with Crippen molar-refractivity contribution in [1.29, 1.82) is 0 Å². The fraction of sp³-hybridized carbons (Fsp3) is 0.550. The van der Waals surface area contributed by atoms with Crippen molar-refractivity contribution in [1.82, 2.24) is 5.32 Å². The minimum absolute atomic E-state index is 0.0326. The van der Waals surface area contributed by atoms with Crippen molar-refractivity contribution in [2.45, 2.75) is 65.0 Å². The Morgan fingerprint density at radius 3 is 2.33 bits per heavy atom. The summed E-state index contributed by atoms with van der Waals surface area (Å²) in [5, 5.41) is 2.26. The van der Waals surface area contributed by atoms with Crippen molar-refractivity contribution in [3.8, 4) is 0 Å². The van der Waals surface area contributed by atoms with Gasteiger partial charge in [-0.25, -0.2) is 0 Å². The van der Waals surface area contributed by atoms with Gasteiger partial charge in [0.1, 0.15) is 12.7 Å². The highest BCUT2D eigenvalue weighted by atomic mass is 16.7. The maximum Gasteiger partial charge on any atom is 0.304 e. The van der Waals surface area contributed by atoms with Crippen LogP contribution in [0, 0.1) is 0 Å². The number of hydrogen-bond acceptors (Lipinski definition) is 9. The normalized spacial score (nSPS) is 24.8. The topological polar surface area (TPSA) is 134 Å². The lowest BCUT2D eigenvalue weighted by molar-refractivity contribution is -0.226. The van der Waals surface area contributed by atoms with Gasteiger partial charge in [0.15, 0.2) is 0 Å². The number of hydrogen-bond donors (Lipinski definition) is 1. The number of nitrogens with one attached hydrogen (secondary N) is 1. The largest absolute Gasteiger partial charge is 0.463 e. The molecule has 0 spiro atoms. The van der Waals surface area contributed by atoms with Crippen LogP contribution >= 0.6 is 0 Å². The second-order valence-corrected chi connectivity index (χ2v) is 6.92. The van der Waals surface area contributed by atoms with E-state index in [4.69, 9.17) is 18.9 Å². The Kier molecular flexibility index (Phi) is 8.28. The Morgan fingerprint density at radius 1 is 1.03 bits per heavy atom. The lowest BCUT2D eigenvalue weighted by atomic mass is 10.00. The van der Waals surface area contributed by atoms with Crippen LogP contribution in [-0.4, -0.2) is 54.8 Å². The Morgan fingerprint density at radius 2 is 1.73 bits per heavy atom. The number of carbonyl (C=O) groups excluding carboxylic acids is 5. The van der Waals surface area contributed by atoms with Crippen LogP contribution in [0.25, 0.3) is 0 Å². The molecule has 10 heteroatoms. The van der Waals surface area contributed by atoms with Crippen LogP contribution in [0.4, 0.5) is 0 Å². The van der Waals surface area contributed by atoms with E-state index in [0.29, 0.717) is 24.0 Å². The van der Waals surface area contributed by atoms with Gasteiger partial charge < -0.3 is 18.9 Å². The summed E-state index contributed by atoms with van der Waals surface area (Å²) in [6, 6.07) is 0. The van der Waals surface area contributed by atoms with Crippen molar-refractivity contribution < 1.29 is 42.9 Å². The van der Waals surface area contributed by atoms with Gasteiger partial charge in [-0.15, -0.1) is 0 Å². The molecule has 2 amide bonds. The lowest BCUT2D eigenvalue weighted by Gasteiger charge is -2.33. The number of allylic oxidation sites excluding steroid dienone is 1. The first-order valence-corrected chi connectivity index (χ1v) is 9.54. The zero-order valence-corrected chi connectivity index (χ0v) is 17.1. The van der Waals surface area contributed by atoms with Gasteiger partial charge in [-0.3, -0.25) is 29.3 Å². The van der Waals surface area contributed by atoms with Crippen LogP contribution in [0.3, 0.4) is 0 Å². The van der Waals surface area contributed by atoms with Crippen molar-refractivity contribution in [3.63, 3.8) is 0 Å². The fourth-order valence-corrected chi connectivity index (χ4v) is 3.20. The van der Waals surface area contributed by atoms with Crippen LogP contribution < -0.4 is 5.32 Å². The van der Waals surface area contributed by atoms with E-state index in [1.807, 2.05) is 6.08 Å². The molecule has 164 valence electrons. The molecule has 3 unspecified atom stereocenters. The maximum absolute atomic E-state index is 11.0. The van der Waals surface area contributed by atoms with Gasteiger partial charge in [0.05, 0.1) is 6.10 Å². The van der Waals surface area contributed by atoms with Gasteiger partial charge >= 0.3 is 17.9 Å². The average Bonchev–Trinajstić information content (AvgIpc) is 2.94. The van der Waals surface area contributed by atoms with Gasteiger partial charge in [-0.05, 0) is 12.8 Å². The van der Waals surface area contributed by atoms with Crippen LogP contribution in [0.2, 0.25) is 0 Å². The van der Waals surface area contributed by atoms with Gasteiger partial charge in [-0.2, -0.15) is 0 Å². The van der Waals surface area contributed by atoms with Crippen LogP contribution in [0.5, 0.6) is 0 Å². The molecule has 0 radical (unpaired) electrons. The summed E-state index contributed by atoms with van der Waals surface area (Å²) < 4.78 is 20.3. The summed E-state index contributed by atoms with van der Waals surface area (Å²) in [5.41, 5.74) is 1.21. The number of carbonyl (C=O) groups is 5. The summed E-state index contributed by atoms with van der Waals surface area (Å²) >= 11 is 0. The van der Waals surface area contributed by atoms with E-state index < -0.39 is 36.4 Å². The van der Waals surface area contributed by atoms with Crippen LogP contribution in [-0.2, 0) is 42.9 Å². The quantitative estimate of drug-likeness (QED) is 0.396. The van der Waals surface area contributed by atoms with E-state index in [9.17, 15) is 24.0 Å². The molecule has 1 saturated heterocycles. The minimum atomic E-state index is -0.795. The number of imide groups is 1. The third-order valence-electron chi connectivity index (χ3n) is 4.34. The highest BCUT2D eigenvalue weighted by Gasteiger charge is 2.33. The lowest BCUT2D eigenvalue weighted by Crippen LogP contribution is -2.41. The fourth-order valence-electron chi connectivity index (χ4n) is 3.20. The van der Waals surface area contributed by atoms with Crippen molar-refractivity contribution in [2.24, 2.45) is 0 Å². The van der Waals surface area contributed by atoms with E-state index >= 15 is 0 Å². The molecule has 3 rings (SSSR count). The Bertz CT molecular complexity index is 759. The third kappa shape index (κ3) is 7.11. The summed E-state index contributed by atoms with van der Waals surface area (Å²) in [6.45, 7) is 3.89. The van der Waals surface area contributed by atoms with Crippen molar-refractivity contribution in [3.05, 3.63) is 23.3 Å². The molecule has 3 aliphatic rings. The molecule has 0 aromatic rings. The van der Waals surface area contributed by atoms with E-state index in [2.05, 4.69) is 5.32 Å². The first-order chi connectivity index (χ1) is 14.2. The molecule has 10 nitrogen and oxygen atoms in total. The summed E-state index contributed by atoms with van der Waals surface area (Å²) in [7, 11) is 0. The van der Waals surface area contributed by atoms with Gasteiger partial charge in [-0.1, -0.05) is 12.2 Å². The Balaban J connectivity index is 0.000000244. The predicted molar refractivity (Wildman–Crippen MR) is 100 cm³/mol. The van der Waals surface area contributed by atoms with Gasteiger partial charge in [0.25, 0.3) is 11.8 Å². The Labute approximate surface area is 173 Å². The number of rotatable bonds is 4. The summed E-state index contributed by atoms with van der Waals surface area (Å²) in [6.07, 6.45) is 4.18. The zero-order chi connectivity index (χ0) is 22.3. The molecule has 0 aromatic heterocycles. The molecule has 3 atom stereocenters. The molecule has 2 heterocycles. The molecular formula is C20H25NO9. The molecule has 0 saturated carbocycles. The first kappa shape index (κ1) is 23.3. The van der Waals surface area contributed by atoms with E-state index in [1.54, 1.807) is 6.08 Å². The highest BCUT2D eigenvalue weighted by Crippen LogP contribution is 2.24. The molecular weight excluding hydrogens is 398 g/mol. The average molecular weight is 423 g/mol. The first-order valence-electron chi connectivity index (χ1n) is 9.54. The highest BCUT2D eigenvalue weighted by molar-refractivity contribution is 6.20. The summed E-state index contributed by atoms with van der Waals surface area (Å²) in [5.74, 6) is -1.79. The van der Waals surface area contributed by atoms with Gasteiger partial charge in [0, 0.05) is 44.8 Å². The molecule has 2 aliphatic heterocycles. The van der Waals surface area contributed by atoms with E-state index in [1.165, 1.54) is 20.8 Å². The SMILES string of the molecule is CC(=O)OCC1CC(OC(C)=O)CC(OC(C)=O)O1.O=C1NC(=O)C2=C1C=CCC2. The molecule has 0 aromatic carbocycles. The van der Waals surface area contributed by atoms with Crippen molar-refractivity contribution in [2.75, 3.05) is 6.61 Å². The monoisotopic (exact) mass is 423 g/mol. The second kappa shape index (κ2) is 10.7. The van der Waals surface area contributed by atoms with Crippen molar-refractivity contribution >= 4 is 29.7 Å². The van der Waals surface area contributed by atoms with Gasteiger partial charge in [0.2, 0.25) is 6.29 Å². The molecule has 30 heavy (non-hydrogen) atoms. The van der Waals surface area contributed by atoms with E-state index in [0.717, 1.165) is 6.42 Å². The molecule has 1 fully saturated rings. The zero-order valence-electron chi connectivity index (χ0n) is 17.1. The summed E-state index contributed by atoms with van der Waals surface area (Å²) in [4.78, 5) is 54.6. The smallest absolute Gasteiger partial charge is 0.304 e. The number of ether oxygens (including phenoxy) is 4. The Hall–Kier alpha value is -3.01. The second-order valence-electron chi connectivity index (χ2n) is 6.92.